The number of aromatic hydroxyl groups is 1. The van der Waals surface area contributed by atoms with Crippen LogP contribution in [0.25, 0.3) is 0 Å². The number of H-pyrrole nitrogens is 1. The predicted molar refractivity (Wildman–Crippen MR) is 155 cm³/mol. The molecule has 216 valence electrons. The van der Waals surface area contributed by atoms with Crippen molar-refractivity contribution in [1.29, 1.82) is 5.26 Å². The Balaban J connectivity index is 0.00000371. The zero-order chi connectivity index (χ0) is 29.4. The van der Waals surface area contributed by atoms with Crippen LogP contribution < -0.4 is 0 Å². The van der Waals surface area contributed by atoms with E-state index < -0.39 is 10.0 Å². The average Bonchev–Trinajstić information content (AvgIpc) is 3.23. The van der Waals surface area contributed by atoms with E-state index in [2.05, 4.69) is 42.9 Å². The zero-order valence-corrected chi connectivity index (χ0v) is 24.9. The zero-order valence-electron chi connectivity index (χ0n) is 24.1. The van der Waals surface area contributed by atoms with Crippen LogP contribution in [0.2, 0.25) is 0 Å². The number of azo groups is 1. The summed E-state index contributed by atoms with van der Waals surface area (Å²) in [5.41, 5.74) is 0.967. The van der Waals surface area contributed by atoms with E-state index in [1.165, 1.54) is 0 Å². The van der Waals surface area contributed by atoms with Crippen molar-refractivity contribution in [2.24, 2.45) is 22.1 Å². The van der Waals surface area contributed by atoms with Crippen molar-refractivity contribution in [3.05, 3.63) is 35.5 Å². The van der Waals surface area contributed by atoms with Gasteiger partial charge in [-0.25, -0.2) is 8.42 Å². The molecule has 10 heteroatoms. The summed E-state index contributed by atoms with van der Waals surface area (Å²) in [6.45, 7) is 13.2. The molecule has 0 aliphatic carbocycles. The Morgan fingerprint density at radius 3 is 2.00 bits per heavy atom. The molecule has 0 aliphatic heterocycles. The molecule has 0 fully saturated rings. The number of nitrogens with zero attached hydrogens (tertiary/aromatic N) is 4. The summed E-state index contributed by atoms with van der Waals surface area (Å²) < 4.78 is 29.9. The fourth-order valence-corrected chi connectivity index (χ4v) is 6.20. The van der Waals surface area contributed by atoms with E-state index in [1.54, 1.807) is 35.5 Å². The maximum absolute atomic E-state index is 14.1. The minimum Gasteiger partial charge on any atom is -0.493 e. The molecule has 1 heterocycles. The molecule has 0 amide bonds. The van der Waals surface area contributed by atoms with E-state index in [4.69, 9.17) is 4.79 Å². The number of carbonyl (C=O) groups is 1. The van der Waals surface area contributed by atoms with Crippen molar-refractivity contribution in [3.63, 3.8) is 0 Å². The van der Waals surface area contributed by atoms with Gasteiger partial charge in [-0.15, -0.1) is 10.2 Å². The third-order valence-electron chi connectivity index (χ3n) is 7.06. The molecule has 1 aromatic carbocycles. The number of nitrogens with one attached hydrogen (secondary N) is 1. The Kier molecular flexibility index (Phi) is 15.3. The summed E-state index contributed by atoms with van der Waals surface area (Å²) >= 11 is 0. The first-order chi connectivity index (χ1) is 18.7. The van der Waals surface area contributed by atoms with E-state index in [9.17, 15) is 18.8 Å². The summed E-state index contributed by atoms with van der Waals surface area (Å²) in [5.74, 6) is 0.301. The molecule has 0 radical (unpaired) electrons. The molecule has 0 aliphatic rings. The Labute approximate surface area is 234 Å². The number of benzene rings is 1. The number of carbonyl (C=O) groups excluding carboxylic acids is 1. The molecule has 0 saturated carbocycles. The maximum Gasteiger partial charge on any atom is 0.245 e. The maximum atomic E-state index is 14.1. The topological polar surface area (TPSA) is 139 Å². The van der Waals surface area contributed by atoms with Gasteiger partial charge in [-0.05, 0) is 43.7 Å². The molecular formula is C29H45N5O4S. The molecule has 39 heavy (non-hydrogen) atoms. The van der Waals surface area contributed by atoms with Crippen molar-refractivity contribution in [1.82, 2.24) is 9.29 Å². The van der Waals surface area contributed by atoms with Crippen LogP contribution in [0.4, 0.5) is 11.4 Å². The van der Waals surface area contributed by atoms with Crippen LogP contribution in [0.1, 0.15) is 90.3 Å². The average molecular weight is 560 g/mol. The number of hydrogen-bond acceptors (Lipinski definition) is 7. The molecule has 0 bridgehead atoms. The molecule has 1 aromatic heterocycles. The van der Waals surface area contributed by atoms with Gasteiger partial charge in [0, 0.05) is 18.7 Å². The van der Waals surface area contributed by atoms with E-state index in [1.807, 2.05) is 12.9 Å². The highest BCUT2D eigenvalue weighted by molar-refractivity contribution is 7.89. The lowest BCUT2D eigenvalue weighted by Crippen LogP contribution is -2.39. The molecule has 2 N–H and O–H groups in total. The minimum atomic E-state index is -3.86. The highest BCUT2D eigenvalue weighted by atomic mass is 32.2. The highest BCUT2D eigenvalue weighted by Gasteiger charge is 2.30. The van der Waals surface area contributed by atoms with Crippen molar-refractivity contribution in [3.8, 4) is 11.9 Å². The Morgan fingerprint density at radius 2 is 1.54 bits per heavy atom. The second kappa shape index (κ2) is 17.5. The number of hydrogen-bond donors (Lipinski definition) is 2. The predicted octanol–water partition coefficient (Wildman–Crippen LogP) is 7.55. The van der Waals surface area contributed by atoms with E-state index in [0.29, 0.717) is 18.7 Å². The Bertz CT molecular complexity index is 1170. The molecule has 2 aromatic rings. The first-order valence-electron chi connectivity index (χ1n) is 13.8. The van der Waals surface area contributed by atoms with Gasteiger partial charge in [-0.2, -0.15) is 9.57 Å². The monoisotopic (exact) mass is 559 g/mol. The first-order valence-corrected chi connectivity index (χ1v) is 15.3. The molecule has 0 spiro atoms. The van der Waals surface area contributed by atoms with Gasteiger partial charge in [-0.3, -0.25) is 0 Å². The molecule has 2 atom stereocenters. The number of nitriles is 1. The summed E-state index contributed by atoms with van der Waals surface area (Å²) in [6.07, 6.45) is 8.17. The van der Waals surface area contributed by atoms with E-state index >= 15 is 0 Å². The number of sulfonamides is 1. The smallest absolute Gasteiger partial charge is 0.245 e. The van der Waals surface area contributed by atoms with Gasteiger partial charge in [0.05, 0.1) is 0 Å². The standard InChI is InChI=1S/C28H43N5O3S.CH2O/c1-6-10-14-22(8-3)19-33(20-23(9-4)15-11-7-2)37(35,36)26-17-13-12-16-24(26)31-32-27-21(5)25(18-29)30-28(27)34;1-2/h12-13,16-17,22-23,30,34H,6-11,14-15,19-20H2,1-5H3;1H2. The lowest BCUT2D eigenvalue weighted by Gasteiger charge is -2.30. The lowest BCUT2D eigenvalue weighted by molar-refractivity contribution is -0.0980. The van der Waals surface area contributed by atoms with Crippen LogP contribution in [0.15, 0.2) is 39.4 Å². The Morgan fingerprint density at radius 1 is 1.00 bits per heavy atom. The van der Waals surface area contributed by atoms with Gasteiger partial charge < -0.3 is 14.9 Å². The van der Waals surface area contributed by atoms with Crippen LogP contribution >= 0.6 is 0 Å². The number of aromatic nitrogens is 1. The van der Waals surface area contributed by atoms with Crippen molar-refractivity contribution in [2.45, 2.75) is 90.9 Å². The molecular weight excluding hydrogens is 514 g/mol. The number of aromatic amines is 1. The van der Waals surface area contributed by atoms with Gasteiger partial charge in [0.15, 0.2) is 5.69 Å². The largest absolute Gasteiger partial charge is 0.493 e. The lowest BCUT2D eigenvalue weighted by atomic mass is 9.97. The van der Waals surface area contributed by atoms with Crippen LogP contribution in [0.3, 0.4) is 0 Å². The highest BCUT2D eigenvalue weighted by Crippen LogP contribution is 2.35. The number of unbranched alkanes of at least 4 members (excludes halogenated alkanes) is 2. The third-order valence-corrected chi connectivity index (χ3v) is 8.94. The van der Waals surface area contributed by atoms with E-state index in [0.717, 1.165) is 51.4 Å². The van der Waals surface area contributed by atoms with Crippen molar-refractivity contribution in [2.75, 3.05) is 13.1 Å². The van der Waals surface area contributed by atoms with Crippen molar-refractivity contribution >= 4 is 28.2 Å². The normalized spacial score (nSPS) is 13.2. The van der Waals surface area contributed by atoms with Crippen LogP contribution in [-0.4, -0.2) is 42.7 Å². The fourth-order valence-electron chi connectivity index (χ4n) is 4.48. The van der Waals surface area contributed by atoms with Gasteiger partial charge in [0.25, 0.3) is 0 Å². The molecule has 0 saturated heterocycles. The minimum absolute atomic E-state index is 0.0997. The van der Waals surface area contributed by atoms with Gasteiger partial charge in [-0.1, -0.05) is 78.4 Å². The molecule has 2 unspecified atom stereocenters. The van der Waals surface area contributed by atoms with Gasteiger partial charge in [0.1, 0.15) is 29.1 Å². The second-order valence-electron chi connectivity index (χ2n) is 9.76. The molecule has 9 nitrogen and oxygen atoms in total. The van der Waals surface area contributed by atoms with Crippen molar-refractivity contribution < 1.29 is 18.3 Å². The first kappa shape index (κ1) is 34.0. The van der Waals surface area contributed by atoms with Crippen LogP contribution in [0, 0.1) is 30.1 Å². The summed E-state index contributed by atoms with van der Waals surface area (Å²) in [5, 5.41) is 27.7. The SMILES string of the molecule is C=O.CCCCC(CC)CN(CC(CC)CCCC)S(=O)(=O)c1ccccc1N=Nc1c(O)[nH]c(C#N)c1C. The summed E-state index contributed by atoms with van der Waals surface area (Å²) in [7, 11) is -3.86. The van der Waals surface area contributed by atoms with Gasteiger partial charge >= 0.3 is 0 Å². The molecule has 2 rings (SSSR count). The third kappa shape index (κ3) is 9.59. The van der Waals surface area contributed by atoms with Crippen LogP contribution in [0.5, 0.6) is 5.88 Å². The van der Waals surface area contributed by atoms with E-state index in [-0.39, 0.29) is 39.7 Å². The number of rotatable bonds is 16. The second-order valence-corrected chi connectivity index (χ2v) is 11.7. The summed E-state index contributed by atoms with van der Waals surface area (Å²) in [6, 6.07) is 8.56. The summed E-state index contributed by atoms with van der Waals surface area (Å²) in [4.78, 5) is 10.7. The van der Waals surface area contributed by atoms with Gasteiger partial charge in [0.2, 0.25) is 15.9 Å². The quantitative estimate of drug-likeness (QED) is 0.204. The van der Waals surface area contributed by atoms with Crippen LogP contribution in [-0.2, 0) is 14.8 Å². The fraction of sp³-hybridized carbons (Fsp3) is 0.586. The Hall–Kier alpha value is -3.03.